The van der Waals surface area contributed by atoms with Crippen LogP contribution in [0.25, 0.3) is 0 Å². The molecular formula is C4H13ClN3Pt. The first-order valence-corrected chi connectivity index (χ1v) is 5.46. The molecule has 0 radical (unpaired) electrons. The van der Waals surface area contributed by atoms with Crippen molar-refractivity contribution >= 4 is 9.42 Å². The van der Waals surface area contributed by atoms with Gasteiger partial charge in [0.2, 0.25) is 0 Å². The third kappa shape index (κ3) is 17.7. The third-order valence-electron chi connectivity index (χ3n) is 0.642. The van der Waals surface area contributed by atoms with E-state index in [0.29, 0.717) is 13.1 Å². The van der Waals surface area contributed by atoms with Crippen molar-refractivity contribution in [2.24, 2.45) is 11.5 Å². The molecule has 0 saturated carbocycles. The van der Waals surface area contributed by atoms with Crippen molar-refractivity contribution in [3.63, 3.8) is 0 Å². The van der Waals surface area contributed by atoms with Crippen molar-refractivity contribution in [1.29, 1.82) is 0 Å². The van der Waals surface area contributed by atoms with Gasteiger partial charge in [0.05, 0.1) is 0 Å². The molecular weight excluding hydrogens is 321 g/mol. The molecule has 0 atom stereocenters. The number of rotatable bonds is 4. The zero-order valence-corrected chi connectivity index (χ0v) is 8.21. The number of halogens is 1. The fourth-order valence-corrected chi connectivity index (χ4v) is 0.329. The van der Waals surface area contributed by atoms with Crippen molar-refractivity contribution in [2.75, 3.05) is 26.2 Å². The molecule has 0 rings (SSSR count). The molecule has 0 bridgehead atoms. The van der Waals surface area contributed by atoms with E-state index in [0.717, 1.165) is 13.1 Å². The molecule has 0 aliphatic heterocycles. The molecule has 0 unspecified atom stereocenters. The van der Waals surface area contributed by atoms with Crippen molar-refractivity contribution in [2.45, 2.75) is 0 Å². The molecule has 0 heterocycles. The van der Waals surface area contributed by atoms with E-state index in [4.69, 9.17) is 11.5 Å². The van der Waals surface area contributed by atoms with Crippen molar-refractivity contribution in [3.05, 3.63) is 0 Å². The quantitative estimate of drug-likeness (QED) is 0.589. The van der Waals surface area contributed by atoms with Crippen LogP contribution in [0.5, 0.6) is 0 Å². The summed E-state index contributed by atoms with van der Waals surface area (Å²) in [6.45, 7) is 3.13. The fraction of sp³-hybridized carbons (Fsp3) is 1.00. The van der Waals surface area contributed by atoms with Crippen LogP contribution in [0.1, 0.15) is 0 Å². The van der Waals surface area contributed by atoms with E-state index in [1.54, 1.807) is 18.8 Å². The maximum atomic E-state index is 5.17. The van der Waals surface area contributed by atoms with Gasteiger partial charge in [0.15, 0.2) is 0 Å². The van der Waals surface area contributed by atoms with Crippen LogP contribution in [0, 0.1) is 0 Å². The molecule has 0 aromatic heterocycles. The van der Waals surface area contributed by atoms with Gasteiger partial charge < -0.3 is 16.8 Å². The summed E-state index contributed by atoms with van der Waals surface area (Å²) >= 11 is 1.61. The molecule has 0 amide bonds. The van der Waals surface area contributed by atoms with E-state index in [1.165, 1.54) is 0 Å². The minimum atomic E-state index is 0.694. The van der Waals surface area contributed by atoms with E-state index >= 15 is 0 Å². The average molecular weight is 334 g/mol. The summed E-state index contributed by atoms with van der Waals surface area (Å²) in [5, 5.41) is 3.03. The summed E-state index contributed by atoms with van der Waals surface area (Å²) in [6, 6.07) is 0. The zero-order chi connectivity index (χ0) is 7.54. The summed E-state index contributed by atoms with van der Waals surface area (Å²) < 4.78 is 0. The normalized spacial score (nSPS) is 8.11. The summed E-state index contributed by atoms with van der Waals surface area (Å²) in [6.07, 6.45) is 0. The summed E-state index contributed by atoms with van der Waals surface area (Å²) in [5.74, 6) is 0. The topological polar surface area (TPSA) is 64.1 Å². The van der Waals surface area contributed by atoms with Gasteiger partial charge >= 0.3 is 28.2 Å². The van der Waals surface area contributed by atoms with Crippen LogP contribution in [-0.2, 0) is 18.8 Å². The summed E-state index contributed by atoms with van der Waals surface area (Å²) in [7, 11) is 4.61. The van der Waals surface area contributed by atoms with Crippen molar-refractivity contribution in [1.82, 2.24) is 5.32 Å². The van der Waals surface area contributed by atoms with Gasteiger partial charge in [-0.1, -0.05) is 0 Å². The molecule has 9 heavy (non-hydrogen) atoms. The zero-order valence-electron chi connectivity index (χ0n) is 5.18. The second kappa shape index (κ2) is 15.9. The minimum absolute atomic E-state index is 0.694. The Labute approximate surface area is 71.3 Å². The van der Waals surface area contributed by atoms with E-state index in [9.17, 15) is 0 Å². The van der Waals surface area contributed by atoms with Gasteiger partial charge in [-0.2, -0.15) is 0 Å². The van der Waals surface area contributed by atoms with Gasteiger partial charge in [-0.3, -0.25) is 0 Å². The molecule has 5 N–H and O–H groups in total. The number of hydrogen-bond acceptors (Lipinski definition) is 3. The fourth-order valence-electron chi connectivity index (χ4n) is 0.329. The molecule has 3 nitrogen and oxygen atoms in total. The van der Waals surface area contributed by atoms with Gasteiger partial charge in [0.1, 0.15) is 0 Å². The molecule has 61 valence electrons. The number of nitrogens with two attached hydrogens (primary N) is 2. The Kier molecular flexibility index (Phi) is 22.2. The van der Waals surface area contributed by atoms with Gasteiger partial charge in [-0.25, -0.2) is 0 Å². The Bertz CT molecular complexity index is 35.0. The molecule has 5 heteroatoms. The van der Waals surface area contributed by atoms with Crippen LogP contribution >= 0.6 is 9.42 Å². The first-order chi connectivity index (χ1) is 4.41. The Morgan fingerprint density at radius 3 is 1.67 bits per heavy atom. The predicted molar refractivity (Wildman–Crippen MR) is 36.8 cm³/mol. The van der Waals surface area contributed by atoms with Crippen LogP contribution in [0.3, 0.4) is 0 Å². The monoisotopic (exact) mass is 333 g/mol. The number of hydrogen-bond donors (Lipinski definition) is 3. The van der Waals surface area contributed by atoms with Crippen LogP contribution < -0.4 is 16.8 Å². The van der Waals surface area contributed by atoms with E-state index < -0.39 is 0 Å². The van der Waals surface area contributed by atoms with E-state index in [-0.39, 0.29) is 0 Å². The average Bonchev–Trinajstić information content (AvgIpc) is 1.94. The SMILES string of the molecule is NCCNCCN.[Cl][Pt]. The first kappa shape index (κ1) is 12.5. The molecule has 0 saturated heterocycles. The van der Waals surface area contributed by atoms with Gasteiger partial charge in [0, 0.05) is 26.2 Å². The Morgan fingerprint density at radius 2 is 1.44 bits per heavy atom. The Hall–Kier alpha value is 0.858. The van der Waals surface area contributed by atoms with Crippen LogP contribution in [0.4, 0.5) is 0 Å². The third-order valence-corrected chi connectivity index (χ3v) is 0.642. The molecule has 0 aromatic carbocycles. The molecule has 0 aliphatic rings. The molecule has 0 aliphatic carbocycles. The van der Waals surface area contributed by atoms with Crippen LogP contribution in [0.2, 0.25) is 0 Å². The Morgan fingerprint density at radius 1 is 1.11 bits per heavy atom. The predicted octanol–water partition coefficient (Wildman–Crippen LogP) is -0.820. The van der Waals surface area contributed by atoms with Gasteiger partial charge in [-0.05, 0) is 0 Å². The molecule has 0 aromatic rings. The second-order valence-electron chi connectivity index (χ2n) is 1.33. The Balaban J connectivity index is 0. The van der Waals surface area contributed by atoms with Crippen LogP contribution in [0.15, 0.2) is 0 Å². The molecule has 0 fully saturated rings. The van der Waals surface area contributed by atoms with Crippen molar-refractivity contribution in [3.8, 4) is 0 Å². The van der Waals surface area contributed by atoms with Crippen LogP contribution in [-0.4, -0.2) is 26.2 Å². The van der Waals surface area contributed by atoms with Crippen molar-refractivity contribution < 1.29 is 18.8 Å². The van der Waals surface area contributed by atoms with Gasteiger partial charge in [0.25, 0.3) is 0 Å². The van der Waals surface area contributed by atoms with E-state index in [2.05, 4.69) is 14.7 Å². The first-order valence-electron chi connectivity index (χ1n) is 2.64. The standard InChI is InChI=1S/C4H13N3.ClH.Pt/c5-1-3-7-4-2-6;;/h7H,1-6H2;1H;/q;;+1/p-1. The van der Waals surface area contributed by atoms with Gasteiger partial charge in [-0.15, -0.1) is 0 Å². The maximum absolute atomic E-state index is 5.17. The number of nitrogens with one attached hydrogen (secondary N) is 1. The summed E-state index contributed by atoms with van der Waals surface area (Å²) in [4.78, 5) is 0. The molecule has 0 spiro atoms. The second-order valence-corrected chi connectivity index (χ2v) is 1.33. The van der Waals surface area contributed by atoms with E-state index in [1.807, 2.05) is 0 Å². The summed E-state index contributed by atoms with van der Waals surface area (Å²) in [5.41, 5.74) is 10.3.